The van der Waals surface area contributed by atoms with E-state index in [4.69, 9.17) is 15.2 Å². The average molecular weight is 257 g/mol. The molecule has 2 rings (SSSR count). The van der Waals surface area contributed by atoms with Crippen LogP contribution in [-0.4, -0.2) is 7.11 Å². The van der Waals surface area contributed by atoms with Crippen LogP contribution in [0.5, 0.6) is 17.2 Å². The molecule has 0 saturated carbocycles. The maximum Gasteiger partial charge on any atom is 0.135 e. The van der Waals surface area contributed by atoms with Crippen LogP contribution in [0.2, 0.25) is 0 Å². The number of nitrogens with two attached hydrogens (primary N) is 1. The second-order valence-corrected chi connectivity index (χ2v) is 4.58. The molecule has 0 aliphatic heterocycles. The number of benzene rings is 2. The fourth-order valence-electron chi connectivity index (χ4n) is 2.05. The molecule has 0 bridgehead atoms. The van der Waals surface area contributed by atoms with Crippen molar-refractivity contribution in [3.63, 3.8) is 0 Å². The quantitative estimate of drug-likeness (QED) is 0.905. The van der Waals surface area contributed by atoms with Gasteiger partial charge in [0.05, 0.1) is 12.7 Å². The Hall–Kier alpha value is -2.00. The summed E-state index contributed by atoms with van der Waals surface area (Å²) in [7, 11) is 1.64. The minimum Gasteiger partial charge on any atom is -0.496 e. The lowest BCUT2D eigenvalue weighted by Crippen LogP contribution is -2.08. The van der Waals surface area contributed by atoms with Gasteiger partial charge in [0.25, 0.3) is 0 Å². The molecule has 0 amide bonds. The van der Waals surface area contributed by atoms with Crippen molar-refractivity contribution in [2.45, 2.75) is 19.9 Å². The molecule has 0 aromatic heterocycles. The van der Waals surface area contributed by atoms with Crippen LogP contribution in [-0.2, 0) is 0 Å². The zero-order valence-corrected chi connectivity index (χ0v) is 11.5. The molecule has 2 aromatic carbocycles. The molecule has 0 unspecified atom stereocenters. The van der Waals surface area contributed by atoms with Gasteiger partial charge in [0.2, 0.25) is 0 Å². The fourth-order valence-corrected chi connectivity index (χ4v) is 2.05. The van der Waals surface area contributed by atoms with Gasteiger partial charge in [-0.2, -0.15) is 0 Å². The van der Waals surface area contributed by atoms with Crippen LogP contribution < -0.4 is 15.2 Å². The van der Waals surface area contributed by atoms with Crippen LogP contribution in [0.4, 0.5) is 0 Å². The Morgan fingerprint density at radius 1 is 1.05 bits per heavy atom. The Morgan fingerprint density at radius 3 is 2.37 bits per heavy atom. The second kappa shape index (κ2) is 5.76. The smallest absolute Gasteiger partial charge is 0.135 e. The molecule has 3 heteroatoms. The van der Waals surface area contributed by atoms with Crippen LogP contribution in [0.15, 0.2) is 42.5 Å². The maximum atomic E-state index is 6.01. The zero-order valence-electron chi connectivity index (χ0n) is 11.5. The van der Waals surface area contributed by atoms with Crippen molar-refractivity contribution in [1.82, 2.24) is 0 Å². The first-order valence-corrected chi connectivity index (χ1v) is 6.29. The molecule has 2 aromatic rings. The first-order valence-electron chi connectivity index (χ1n) is 6.29. The highest BCUT2D eigenvalue weighted by Gasteiger charge is 2.14. The van der Waals surface area contributed by atoms with Gasteiger partial charge in [-0.05, 0) is 43.7 Å². The van der Waals surface area contributed by atoms with E-state index in [1.807, 2.05) is 56.3 Å². The number of methoxy groups -OCH3 is 1. The lowest BCUT2D eigenvalue weighted by molar-refractivity contribution is 0.397. The summed E-state index contributed by atoms with van der Waals surface area (Å²) in [5.41, 5.74) is 8.05. The van der Waals surface area contributed by atoms with E-state index in [2.05, 4.69) is 0 Å². The predicted octanol–water partition coefficient (Wildman–Crippen LogP) is 3.82. The minimum absolute atomic E-state index is 0.157. The van der Waals surface area contributed by atoms with E-state index in [0.29, 0.717) is 0 Å². The lowest BCUT2D eigenvalue weighted by Gasteiger charge is -2.17. The normalized spacial score (nSPS) is 12.0. The molecule has 0 heterocycles. The van der Waals surface area contributed by atoms with E-state index < -0.39 is 0 Å². The van der Waals surface area contributed by atoms with E-state index in [1.54, 1.807) is 7.11 Å². The summed E-state index contributed by atoms with van der Waals surface area (Å²) in [4.78, 5) is 0. The van der Waals surface area contributed by atoms with Crippen molar-refractivity contribution >= 4 is 0 Å². The number of ether oxygens (including phenoxy) is 2. The molecule has 1 atom stereocenters. The number of aryl methyl sites for hydroxylation is 1. The standard InChI is InChI=1S/C16H19NO2/c1-11-6-4-7-13(10-11)19-15-9-5-8-14(18-3)16(15)12(2)17/h4-10,12H,17H2,1-3H3/t12-/m0/s1. The molecule has 19 heavy (non-hydrogen) atoms. The fraction of sp³-hybridized carbons (Fsp3) is 0.250. The SMILES string of the molecule is COc1cccc(Oc2cccc(C)c2)c1[C@H](C)N. The van der Waals surface area contributed by atoms with Crippen molar-refractivity contribution in [3.05, 3.63) is 53.6 Å². The van der Waals surface area contributed by atoms with Gasteiger partial charge in [-0.1, -0.05) is 18.2 Å². The number of hydrogen-bond donors (Lipinski definition) is 1. The number of rotatable bonds is 4. The Bertz CT molecular complexity index is 564. The minimum atomic E-state index is -0.157. The summed E-state index contributed by atoms with van der Waals surface area (Å²) in [6.07, 6.45) is 0. The van der Waals surface area contributed by atoms with E-state index in [-0.39, 0.29) is 6.04 Å². The first kappa shape index (κ1) is 13.4. The Morgan fingerprint density at radius 2 is 1.74 bits per heavy atom. The molecular formula is C16H19NO2. The van der Waals surface area contributed by atoms with E-state index >= 15 is 0 Å². The summed E-state index contributed by atoms with van der Waals surface area (Å²) >= 11 is 0. The van der Waals surface area contributed by atoms with Gasteiger partial charge in [-0.3, -0.25) is 0 Å². The monoisotopic (exact) mass is 257 g/mol. The zero-order chi connectivity index (χ0) is 13.8. The van der Waals surface area contributed by atoms with Gasteiger partial charge in [-0.25, -0.2) is 0 Å². The van der Waals surface area contributed by atoms with Gasteiger partial charge in [-0.15, -0.1) is 0 Å². The van der Waals surface area contributed by atoms with Gasteiger partial charge in [0.1, 0.15) is 17.2 Å². The summed E-state index contributed by atoms with van der Waals surface area (Å²) in [5, 5.41) is 0. The largest absolute Gasteiger partial charge is 0.496 e. The summed E-state index contributed by atoms with van der Waals surface area (Å²) in [6, 6.07) is 13.5. The van der Waals surface area contributed by atoms with Crippen LogP contribution in [0.1, 0.15) is 24.1 Å². The van der Waals surface area contributed by atoms with Crippen LogP contribution in [0.3, 0.4) is 0 Å². The third-order valence-electron chi connectivity index (χ3n) is 2.92. The summed E-state index contributed by atoms with van der Waals surface area (Å²) in [6.45, 7) is 3.95. The highest BCUT2D eigenvalue weighted by molar-refractivity contribution is 5.48. The molecule has 0 aliphatic rings. The molecule has 0 spiro atoms. The third kappa shape index (κ3) is 3.06. The van der Waals surface area contributed by atoms with Crippen molar-refractivity contribution in [1.29, 1.82) is 0 Å². The highest BCUT2D eigenvalue weighted by Crippen LogP contribution is 2.35. The third-order valence-corrected chi connectivity index (χ3v) is 2.92. The Balaban J connectivity index is 2.39. The van der Waals surface area contributed by atoms with E-state index in [0.717, 1.165) is 28.4 Å². The summed E-state index contributed by atoms with van der Waals surface area (Å²) < 4.78 is 11.3. The Kier molecular flexibility index (Phi) is 4.07. The molecule has 0 radical (unpaired) electrons. The van der Waals surface area contributed by atoms with Gasteiger partial charge in [0, 0.05) is 6.04 Å². The summed E-state index contributed by atoms with van der Waals surface area (Å²) in [5.74, 6) is 2.29. The molecule has 0 fully saturated rings. The average Bonchev–Trinajstić information content (AvgIpc) is 2.38. The highest BCUT2D eigenvalue weighted by atomic mass is 16.5. The molecule has 3 nitrogen and oxygen atoms in total. The molecular weight excluding hydrogens is 238 g/mol. The van der Waals surface area contributed by atoms with Crippen LogP contribution in [0.25, 0.3) is 0 Å². The van der Waals surface area contributed by atoms with E-state index in [1.165, 1.54) is 0 Å². The van der Waals surface area contributed by atoms with Gasteiger partial charge >= 0.3 is 0 Å². The van der Waals surface area contributed by atoms with Gasteiger partial charge in [0.15, 0.2) is 0 Å². The van der Waals surface area contributed by atoms with Crippen LogP contribution >= 0.6 is 0 Å². The van der Waals surface area contributed by atoms with Crippen molar-refractivity contribution in [3.8, 4) is 17.2 Å². The molecule has 100 valence electrons. The van der Waals surface area contributed by atoms with Crippen molar-refractivity contribution in [2.24, 2.45) is 5.73 Å². The van der Waals surface area contributed by atoms with Crippen LogP contribution in [0, 0.1) is 6.92 Å². The van der Waals surface area contributed by atoms with Gasteiger partial charge < -0.3 is 15.2 Å². The molecule has 0 saturated heterocycles. The number of hydrogen-bond acceptors (Lipinski definition) is 3. The van der Waals surface area contributed by atoms with Crippen molar-refractivity contribution in [2.75, 3.05) is 7.11 Å². The maximum absolute atomic E-state index is 6.01. The predicted molar refractivity (Wildman–Crippen MR) is 76.8 cm³/mol. The van der Waals surface area contributed by atoms with E-state index in [9.17, 15) is 0 Å². The Labute approximate surface area is 114 Å². The topological polar surface area (TPSA) is 44.5 Å². The molecule has 0 aliphatic carbocycles. The second-order valence-electron chi connectivity index (χ2n) is 4.58. The van der Waals surface area contributed by atoms with Crippen molar-refractivity contribution < 1.29 is 9.47 Å². The first-order chi connectivity index (χ1) is 9.11. The lowest BCUT2D eigenvalue weighted by atomic mass is 10.1. The molecule has 2 N–H and O–H groups in total.